The molecule has 0 aromatic carbocycles. The van der Waals surface area contributed by atoms with Crippen molar-refractivity contribution in [2.75, 3.05) is 13.2 Å². The summed E-state index contributed by atoms with van der Waals surface area (Å²) in [7, 11) is 0. The first kappa shape index (κ1) is 13.4. The van der Waals surface area contributed by atoms with Crippen molar-refractivity contribution in [3.63, 3.8) is 0 Å². The molecule has 0 aromatic rings. The van der Waals surface area contributed by atoms with Gasteiger partial charge < -0.3 is 10.2 Å². The molecule has 2 N–H and O–H groups in total. The van der Waals surface area contributed by atoms with Crippen LogP contribution in [0.15, 0.2) is 22.1 Å². The number of rotatable bonds is 6. The van der Waals surface area contributed by atoms with Crippen LogP contribution < -0.4 is 0 Å². The standard InChI is InChI=1S/C9H14Br2O2/c1-7(10)3-9(5-12,6-13)4-8(2)11/h12-13H,1-6H2. The maximum Gasteiger partial charge on any atom is 0.0516 e. The van der Waals surface area contributed by atoms with Crippen LogP contribution in [-0.2, 0) is 0 Å². The summed E-state index contributed by atoms with van der Waals surface area (Å²) in [6.07, 6.45) is 1.06. The highest BCUT2D eigenvalue weighted by Crippen LogP contribution is 2.35. The van der Waals surface area contributed by atoms with Crippen LogP contribution in [0.25, 0.3) is 0 Å². The maximum absolute atomic E-state index is 9.19. The van der Waals surface area contributed by atoms with Crippen molar-refractivity contribution >= 4 is 31.9 Å². The van der Waals surface area contributed by atoms with Crippen molar-refractivity contribution in [2.24, 2.45) is 5.41 Å². The number of aliphatic hydroxyl groups excluding tert-OH is 2. The zero-order valence-corrected chi connectivity index (χ0v) is 10.6. The van der Waals surface area contributed by atoms with E-state index in [2.05, 4.69) is 45.0 Å². The lowest BCUT2D eigenvalue weighted by atomic mass is 9.83. The van der Waals surface area contributed by atoms with Crippen LogP contribution in [0.3, 0.4) is 0 Å². The largest absolute Gasteiger partial charge is 0.396 e. The molecule has 0 rings (SSSR count). The summed E-state index contributed by atoms with van der Waals surface area (Å²) in [5.41, 5.74) is -0.554. The minimum absolute atomic E-state index is 0.0846. The molecule has 0 bridgehead atoms. The molecule has 0 saturated heterocycles. The van der Waals surface area contributed by atoms with E-state index in [1.54, 1.807) is 0 Å². The van der Waals surface area contributed by atoms with Crippen LogP contribution in [0.1, 0.15) is 12.8 Å². The first-order chi connectivity index (χ1) is 5.95. The Morgan fingerprint density at radius 2 is 1.31 bits per heavy atom. The molecule has 0 atom stereocenters. The molecular weight excluding hydrogens is 300 g/mol. The molecule has 0 spiro atoms. The molecule has 0 aliphatic carbocycles. The molecule has 0 heterocycles. The highest BCUT2D eigenvalue weighted by Gasteiger charge is 2.29. The van der Waals surface area contributed by atoms with Crippen LogP contribution in [0.4, 0.5) is 0 Å². The van der Waals surface area contributed by atoms with E-state index in [-0.39, 0.29) is 13.2 Å². The number of hydrogen-bond donors (Lipinski definition) is 2. The SMILES string of the molecule is C=C(Br)CC(CO)(CO)CC(=C)Br. The molecule has 0 aliphatic heterocycles. The fraction of sp³-hybridized carbons (Fsp3) is 0.556. The van der Waals surface area contributed by atoms with Crippen molar-refractivity contribution in [1.82, 2.24) is 0 Å². The van der Waals surface area contributed by atoms with Crippen molar-refractivity contribution in [3.05, 3.63) is 22.1 Å². The summed E-state index contributed by atoms with van der Waals surface area (Å²) in [4.78, 5) is 0. The third-order valence-corrected chi connectivity index (χ3v) is 2.37. The van der Waals surface area contributed by atoms with Crippen LogP contribution in [-0.4, -0.2) is 23.4 Å². The van der Waals surface area contributed by atoms with Crippen molar-refractivity contribution < 1.29 is 10.2 Å². The molecule has 2 nitrogen and oxygen atoms in total. The number of hydrogen-bond acceptors (Lipinski definition) is 2. The average molecular weight is 314 g/mol. The van der Waals surface area contributed by atoms with Gasteiger partial charge in [0.05, 0.1) is 13.2 Å². The highest BCUT2D eigenvalue weighted by atomic mass is 79.9. The van der Waals surface area contributed by atoms with Crippen molar-refractivity contribution in [3.8, 4) is 0 Å². The second-order valence-corrected chi connectivity index (χ2v) is 5.45. The first-order valence-corrected chi connectivity index (χ1v) is 5.42. The Morgan fingerprint density at radius 3 is 1.46 bits per heavy atom. The molecular formula is C9H14Br2O2. The quantitative estimate of drug-likeness (QED) is 0.791. The van der Waals surface area contributed by atoms with Gasteiger partial charge >= 0.3 is 0 Å². The lowest BCUT2D eigenvalue weighted by molar-refractivity contribution is 0.0583. The van der Waals surface area contributed by atoms with Crippen LogP contribution >= 0.6 is 31.9 Å². The molecule has 0 aliphatic rings. The molecule has 0 fully saturated rings. The maximum atomic E-state index is 9.19. The van der Waals surface area contributed by atoms with Gasteiger partial charge in [0.15, 0.2) is 0 Å². The van der Waals surface area contributed by atoms with Crippen LogP contribution in [0.5, 0.6) is 0 Å². The van der Waals surface area contributed by atoms with Crippen LogP contribution in [0.2, 0.25) is 0 Å². The van der Waals surface area contributed by atoms with E-state index < -0.39 is 5.41 Å². The lowest BCUT2D eigenvalue weighted by Crippen LogP contribution is -2.29. The first-order valence-electron chi connectivity index (χ1n) is 3.84. The Morgan fingerprint density at radius 1 is 1.00 bits per heavy atom. The second kappa shape index (κ2) is 5.96. The molecule has 0 radical (unpaired) electrons. The van der Waals surface area contributed by atoms with Gasteiger partial charge in [-0.25, -0.2) is 0 Å². The van der Waals surface area contributed by atoms with Crippen molar-refractivity contribution in [2.45, 2.75) is 12.8 Å². The van der Waals surface area contributed by atoms with E-state index in [0.717, 1.165) is 8.96 Å². The molecule has 0 unspecified atom stereocenters. The number of allylic oxidation sites excluding steroid dienone is 2. The zero-order chi connectivity index (χ0) is 10.5. The third-order valence-electron chi connectivity index (χ3n) is 1.80. The van der Waals surface area contributed by atoms with E-state index in [1.165, 1.54) is 0 Å². The Bertz CT molecular complexity index is 180. The monoisotopic (exact) mass is 312 g/mol. The van der Waals surface area contributed by atoms with Gasteiger partial charge in [-0.05, 0) is 21.8 Å². The summed E-state index contributed by atoms with van der Waals surface area (Å²) < 4.78 is 1.54. The van der Waals surface area contributed by atoms with Gasteiger partial charge in [0.2, 0.25) is 0 Å². The predicted molar refractivity (Wildman–Crippen MR) is 62.0 cm³/mol. The van der Waals surface area contributed by atoms with Gasteiger partial charge in [0, 0.05) is 5.41 Å². The lowest BCUT2D eigenvalue weighted by Gasteiger charge is -2.29. The summed E-state index contributed by atoms with van der Waals surface area (Å²) in [5, 5.41) is 18.4. The van der Waals surface area contributed by atoms with E-state index in [9.17, 15) is 10.2 Å². The Balaban J connectivity index is 4.48. The van der Waals surface area contributed by atoms with Gasteiger partial charge in [-0.15, -0.1) is 0 Å². The van der Waals surface area contributed by atoms with E-state index in [0.29, 0.717) is 12.8 Å². The van der Waals surface area contributed by atoms with Gasteiger partial charge in [-0.1, -0.05) is 45.0 Å². The van der Waals surface area contributed by atoms with Gasteiger partial charge in [0.1, 0.15) is 0 Å². The van der Waals surface area contributed by atoms with Gasteiger partial charge in [-0.2, -0.15) is 0 Å². The molecule has 13 heavy (non-hydrogen) atoms. The Labute approximate surface area is 95.6 Å². The third kappa shape index (κ3) is 4.96. The van der Waals surface area contributed by atoms with Gasteiger partial charge in [0.25, 0.3) is 0 Å². The average Bonchev–Trinajstić information content (AvgIpc) is 2.01. The summed E-state index contributed by atoms with van der Waals surface area (Å²) in [5.74, 6) is 0. The summed E-state index contributed by atoms with van der Waals surface area (Å²) in [6.45, 7) is 7.22. The Kier molecular flexibility index (Phi) is 6.12. The number of halogens is 2. The normalized spacial score (nSPS) is 11.4. The second-order valence-electron chi connectivity index (χ2n) is 3.20. The van der Waals surface area contributed by atoms with Gasteiger partial charge in [-0.3, -0.25) is 0 Å². The fourth-order valence-corrected chi connectivity index (χ4v) is 2.34. The van der Waals surface area contributed by atoms with E-state index in [1.807, 2.05) is 0 Å². The summed E-state index contributed by atoms with van der Waals surface area (Å²) >= 11 is 6.44. The highest BCUT2D eigenvalue weighted by molar-refractivity contribution is 9.12. The molecule has 0 amide bonds. The minimum atomic E-state index is -0.554. The minimum Gasteiger partial charge on any atom is -0.396 e. The Hall–Kier alpha value is 0.360. The van der Waals surface area contributed by atoms with Crippen molar-refractivity contribution in [1.29, 1.82) is 0 Å². The van der Waals surface area contributed by atoms with E-state index >= 15 is 0 Å². The molecule has 76 valence electrons. The predicted octanol–water partition coefficient (Wildman–Crippen LogP) is 2.55. The molecule has 4 heteroatoms. The topological polar surface area (TPSA) is 40.5 Å². The molecule has 0 saturated carbocycles. The number of aliphatic hydroxyl groups is 2. The fourth-order valence-electron chi connectivity index (χ4n) is 1.15. The summed E-state index contributed by atoms with van der Waals surface area (Å²) in [6, 6.07) is 0. The van der Waals surface area contributed by atoms with E-state index in [4.69, 9.17) is 0 Å². The molecule has 0 aromatic heterocycles. The zero-order valence-electron chi connectivity index (χ0n) is 7.39. The van der Waals surface area contributed by atoms with Crippen LogP contribution in [0, 0.1) is 5.41 Å². The smallest absolute Gasteiger partial charge is 0.0516 e.